The molecular formula is C23H31N3O3S. The van der Waals surface area contributed by atoms with E-state index >= 15 is 0 Å². The molecule has 0 aliphatic rings. The van der Waals surface area contributed by atoms with Crippen LogP contribution in [0.3, 0.4) is 0 Å². The van der Waals surface area contributed by atoms with Crippen molar-refractivity contribution in [3.63, 3.8) is 0 Å². The molecule has 30 heavy (non-hydrogen) atoms. The van der Waals surface area contributed by atoms with Crippen LogP contribution < -0.4 is 16.4 Å². The fourth-order valence-electron chi connectivity index (χ4n) is 3.03. The van der Waals surface area contributed by atoms with E-state index in [9.17, 15) is 14.7 Å². The topological polar surface area (TPSA) is 104 Å². The van der Waals surface area contributed by atoms with E-state index in [1.807, 2.05) is 24.5 Å². The number of benzene rings is 2. The Balaban J connectivity index is 1.82. The van der Waals surface area contributed by atoms with Crippen molar-refractivity contribution in [1.82, 2.24) is 10.6 Å². The van der Waals surface area contributed by atoms with E-state index in [2.05, 4.69) is 22.8 Å². The van der Waals surface area contributed by atoms with Gasteiger partial charge in [0.25, 0.3) is 0 Å². The number of nitrogens with two attached hydrogens (primary N) is 1. The largest absolute Gasteiger partial charge is 0.508 e. The second-order valence-corrected chi connectivity index (χ2v) is 8.19. The predicted octanol–water partition coefficient (Wildman–Crippen LogP) is 2.25. The molecule has 7 heteroatoms. The van der Waals surface area contributed by atoms with Crippen LogP contribution in [0.15, 0.2) is 54.6 Å². The van der Waals surface area contributed by atoms with E-state index in [0.29, 0.717) is 19.4 Å². The van der Waals surface area contributed by atoms with E-state index in [1.54, 1.807) is 36.0 Å². The number of thioether (sulfide) groups is 1. The van der Waals surface area contributed by atoms with Crippen LogP contribution in [0.4, 0.5) is 0 Å². The molecule has 0 heterocycles. The first-order valence-corrected chi connectivity index (χ1v) is 11.5. The van der Waals surface area contributed by atoms with Crippen LogP contribution in [0.2, 0.25) is 0 Å². The zero-order valence-corrected chi connectivity index (χ0v) is 18.2. The summed E-state index contributed by atoms with van der Waals surface area (Å²) >= 11 is 1.63. The Labute approximate surface area is 182 Å². The quantitative estimate of drug-likeness (QED) is 0.388. The van der Waals surface area contributed by atoms with Crippen molar-refractivity contribution in [2.75, 3.05) is 18.6 Å². The summed E-state index contributed by atoms with van der Waals surface area (Å²) in [6.07, 6.45) is 4.57. The molecule has 2 amide bonds. The Bertz CT molecular complexity index is 784. The van der Waals surface area contributed by atoms with Gasteiger partial charge in [-0.1, -0.05) is 42.5 Å². The van der Waals surface area contributed by atoms with Crippen LogP contribution in [-0.4, -0.2) is 47.6 Å². The first kappa shape index (κ1) is 23.8. The van der Waals surface area contributed by atoms with Gasteiger partial charge in [-0.2, -0.15) is 11.8 Å². The van der Waals surface area contributed by atoms with Gasteiger partial charge >= 0.3 is 0 Å². The maximum Gasteiger partial charge on any atom is 0.242 e. The highest BCUT2D eigenvalue weighted by Gasteiger charge is 2.23. The Morgan fingerprint density at radius 2 is 1.73 bits per heavy atom. The SMILES string of the molecule is CSCC[C@H](NC(=O)[C@@H](N)Cc1ccc(O)cc1)C(=O)NCCCc1ccccc1. The summed E-state index contributed by atoms with van der Waals surface area (Å²) in [5.74, 6) is 0.393. The Morgan fingerprint density at radius 1 is 1.03 bits per heavy atom. The van der Waals surface area contributed by atoms with Crippen LogP contribution in [0.1, 0.15) is 24.0 Å². The maximum absolute atomic E-state index is 12.6. The number of carbonyl (C=O) groups is 2. The van der Waals surface area contributed by atoms with Gasteiger partial charge in [0.1, 0.15) is 11.8 Å². The third-order valence-corrected chi connectivity index (χ3v) is 5.40. The van der Waals surface area contributed by atoms with Gasteiger partial charge in [0.2, 0.25) is 11.8 Å². The number of amides is 2. The molecule has 0 aliphatic carbocycles. The lowest BCUT2D eigenvalue weighted by molar-refractivity contribution is -0.129. The minimum absolute atomic E-state index is 0.165. The summed E-state index contributed by atoms with van der Waals surface area (Å²) < 4.78 is 0. The third-order valence-electron chi connectivity index (χ3n) is 4.76. The lowest BCUT2D eigenvalue weighted by Crippen LogP contribution is -2.52. The number of nitrogens with one attached hydrogen (secondary N) is 2. The van der Waals surface area contributed by atoms with Crippen molar-refractivity contribution in [2.24, 2.45) is 5.73 Å². The average Bonchev–Trinajstić information content (AvgIpc) is 2.76. The molecule has 0 aromatic heterocycles. The molecule has 0 spiro atoms. The Kier molecular flexibility index (Phi) is 10.2. The summed E-state index contributed by atoms with van der Waals surface area (Å²) in [5, 5.41) is 15.1. The highest BCUT2D eigenvalue weighted by molar-refractivity contribution is 7.98. The molecule has 2 atom stereocenters. The van der Waals surface area contributed by atoms with E-state index in [4.69, 9.17) is 5.73 Å². The molecule has 0 bridgehead atoms. The standard InChI is InChI=1S/C23H31N3O3S/c1-30-15-13-21(23(29)25-14-5-8-17-6-3-2-4-7-17)26-22(28)20(24)16-18-9-11-19(27)12-10-18/h2-4,6-7,9-12,20-21,27H,5,8,13-16,24H2,1H3,(H,25,29)(H,26,28)/t20-,21-/m0/s1. The summed E-state index contributed by atoms with van der Waals surface area (Å²) in [4.78, 5) is 25.1. The summed E-state index contributed by atoms with van der Waals surface area (Å²) in [6.45, 7) is 0.554. The number of phenolic OH excluding ortho intramolecular Hbond substituents is 1. The van der Waals surface area contributed by atoms with Crippen molar-refractivity contribution in [2.45, 2.75) is 37.8 Å². The van der Waals surface area contributed by atoms with Crippen LogP contribution in [-0.2, 0) is 22.4 Å². The van der Waals surface area contributed by atoms with Crippen LogP contribution in [0.5, 0.6) is 5.75 Å². The molecule has 0 aliphatic heterocycles. The number of hydrogen-bond acceptors (Lipinski definition) is 5. The molecule has 2 aromatic carbocycles. The van der Waals surface area contributed by atoms with Crippen molar-refractivity contribution in [1.29, 1.82) is 0 Å². The number of carbonyl (C=O) groups excluding carboxylic acids is 2. The number of aromatic hydroxyl groups is 1. The van der Waals surface area contributed by atoms with E-state index in [-0.39, 0.29) is 17.6 Å². The average molecular weight is 430 g/mol. The summed E-state index contributed by atoms with van der Waals surface area (Å²) in [5.41, 5.74) is 8.12. The lowest BCUT2D eigenvalue weighted by Gasteiger charge is -2.20. The fraction of sp³-hybridized carbons (Fsp3) is 0.391. The van der Waals surface area contributed by atoms with E-state index < -0.39 is 12.1 Å². The van der Waals surface area contributed by atoms with Gasteiger partial charge in [-0.25, -0.2) is 0 Å². The zero-order chi connectivity index (χ0) is 21.8. The van der Waals surface area contributed by atoms with Gasteiger partial charge in [0.05, 0.1) is 6.04 Å². The molecule has 162 valence electrons. The smallest absolute Gasteiger partial charge is 0.242 e. The van der Waals surface area contributed by atoms with Gasteiger partial charge in [-0.05, 0) is 61.0 Å². The number of phenols is 1. The molecule has 0 unspecified atom stereocenters. The molecule has 5 N–H and O–H groups in total. The normalized spacial score (nSPS) is 12.7. The zero-order valence-electron chi connectivity index (χ0n) is 17.3. The molecule has 6 nitrogen and oxygen atoms in total. The summed E-state index contributed by atoms with van der Waals surface area (Å²) in [7, 11) is 0. The van der Waals surface area contributed by atoms with Crippen LogP contribution >= 0.6 is 11.8 Å². The highest BCUT2D eigenvalue weighted by Crippen LogP contribution is 2.11. The van der Waals surface area contributed by atoms with E-state index in [1.165, 1.54) is 5.56 Å². The minimum Gasteiger partial charge on any atom is -0.508 e. The second kappa shape index (κ2) is 12.9. The molecule has 0 radical (unpaired) electrons. The number of hydrogen-bond donors (Lipinski definition) is 4. The van der Waals surface area contributed by atoms with Gasteiger partial charge in [-0.3, -0.25) is 9.59 Å². The molecule has 0 fully saturated rings. The number of aryl methyl sites for hydroxylation is 1. The van der Waals surface area contributed by atoms with Crippen LogP contribution in [0, 0.1) is 0 Å². The van der Waals surface area contributed by atoms with E-state index in [0.717, 1.165) is 24.2 Å². The van der Waals surface area contributed by atoms with Gasteiger partial charge in [-0.15, -0.1) is 0 Å². The first-order chi connectivity index (χ1) is 14.5. The monoisotopic (exact) mass is 429 g/mol. The first-order valence-electron chi connectivity index (χ1n) is 10.1. The van der Waals surface area contributed by atoms with Crippen molar-refractivity contribution in [3.05, 3.63) is 65.7 Å². The fourth-order valence-corrected chi connectivity index (χ4v) is 3.51. The molecular weight excluding hydrogens is 398 g/mol. The van der Waals surface area contributed by atoms with Crippen molar-refractivity contribution < 1.29 is 14.7 Å². The highest BCUT2D eigenvalue weighted by atomic mass is 32.2. The van der Waals surface area contributed by atoms with Crippen LogP contribution in [0.25, 0.3) is 0 Å². The maximum atomic E-state index is 12.6. The van der Waals surface area contributed by atoms with Gasteiger partial charge in [0.15, 0.2) is 0 Å². The molecule has 0 saturated carbocycles. The summed E-state index contributed by atoms with van der Waals surface area (Å²) in [6, 6.07) is 15.3. The Hall–Kier alpha value is -2.51. The second-order valence-electron chi connectivity index (χ2n) is 7.20. The molecule has 2 rings (SSSR count). The minimum atomic E-state index is -0.766. The van der Waals surface area contributed by atoms with Crippen molar-refractivity contribution >= 4 is 23.6 Å². The third kappa shape index (κ3) is 8.47. The Morgan fingerprint density at radius 3 is 2.40 bits per heavy atom. The lowest BCUT2D eigenvalue weighted by atomic mass is 10.1. The van der Waals surface area contributed by atoms with Crippen molar-refractivity contribution in [3.8, 4) is 5.75 Å². The van der Waals surface area contributed by atoms with Gasteiger partial charge < -0.3 is 21.5 Å². The molecule has 2 aromatic rings. The predicted molar refractivity (Wildman–Crippen MR) is 122 cm³/mol. The number of rotatable bonds is 12. The van der Waals surface area contributed by atoms with Gasteiger partial charge in [0, 0.05) is 6.54 Å². The molecule has 0 saturated heterocycles.